The van der Waals surface area contributed by atoms with Gasteiger partial charge in [-0.05, 0) is 72.1 Å². The molecule has 34 heavy (non-hydrogen) atoms. The largest absolute Gasteiger partial charge is 0.465 e. The molecule has 0 fully saturated rings. The van der Waals surface area contributed by atoms with Crippen molar-refractivity contribution in [3.8, 4) is 22.6 Å². The van der Waals surface area contributed by atoms with Crippen molar-refractivity contribution in [1.82, 2.24) is 4.57 Å². The van der Waals surface area contributed by atoms with Crippen LogP contribution in [0.3, 0.4) is 0 Å². The van der Waals surface area contributed by atoms with Gasteiger partial charge in [0, 0.05) is 23.5 Å². The summed E-state index contributed by atoms with van der Waals surface area (Å²) in [4.78, 5) is 12.0. The summed E-state index contributed by atoms with van der Waals surface area (Å²) in [5.41, 5.74) is 3.58. The lowest BCUT2D eigenvalue weighted by Crippen LogP contribution is -2.15. The number of aliphatic hydroxyl groups is 2. The number of aliphatic hydroxyl groups excluding tert-OH is 2. The van der Waals surface area contributed by atoms with Crippen LogP contribution in [0.5, 0.6) is 11.5 Å². The molecule has 0 amide bonds. The molecule has 7 heteroatoms. The molecule has 0 saturated heterocycles. The van der Waals surface area contributed by atoms with Crippen molar-refractivity contribution in [2.75, 3.05) is 13.2 Å². The predicted molar refractivity (Wildman–Crippen MR) is 127 cm³/mol. The van der Waals surface area contributed by atoms with E-state index >= 15 is 0 Å². The summed E-state index contributed by atoms with van der Waals surface area (Å²) in [7, 11) is 0. The molecule has 0 aliphatic carbocycles. The fraction of sp³-hybridized carbons (Fsp3) is 0.222. The van der Waals surface area contributed by atoms with Crippen LogP contribution in [0, 0.1) is 5.82 Å². The Hall–Kier alpha value is -3.68. The van der Waals surface area contributed by atoms with Crippen LogP contribution in [-0.2, 0) is 22.5 Å². The van der Waals surface area contributed by atoms with Crippen LogP contribution in [0.2, 0.25) is 0 Å². The molecule has 0 bridgehead atoms. The lowest BCUT2D eigenvalue weighted by molar-refractivity contribution is -0.143. The Bertz CT molecular complexity index is 1260. The van der Waals surface area contributed by atoms with Gasteiger partial charge >= 0.3 is 5.97 Å². The highest BCUT2D eigenvalue weighted by Crippen LogP contribution is 2.31. The second-order valence-corrected chi connectivity index (χ2v) is 7.94. The zero-order valence-electron chi connectivity index (χ0n) is 18.8. The molecular formula is C27H26FNO5. The first-order valence-electron chi connectivity index (χ1n) is 11.1. The molecular weight excluding hydrogens is 437 g/mol. The number of aromatic nitrogens is 1. The molecule has 1 aromatic heterocycles. The fourth-order valence-electron chi connectivity index (χ4n) is 3.86. The number of hydrogen-bond donors (Lipinski definition) is 2. The van der Waals surface area contributed by atoms with Gasteiger partial charge in [-0.2, -0.15) is 0 Å². The minimum Gasteiger partial charge on any atom is -0.465 e. The van der Waals surface area contributed by atoms with Gasteiger partial charge in [0.05, 0.1) is 19.3 Å². The maximum absolute atomic E-state index is 13.1. The first-order chi connectivity index (χ1) is 16.5. The Morgan fingerprint density at radius 1 is 1.00 bits per heavy atom. The van der Waals surface area contributed by atoms with Crippen molar-refractivity contribution in [1.29, 1.82) is 0 Å². The fourth-order valence-corrected chi connectivity index (χ4v) is 3.86. The highest BCUT2D eigenvalue weighted by molar-refractivity contribution is 5.89. The Labute approximate surface area is 196 Å². The van der Waals surface area contributed by atoms with Crippen LogP contribution in [-0.4, -0.2) is 40.1 Å². The first kappa shape index (κ1) is 23.5. The maximum atomic E-state index is 13.1. The Morgan fingerprint density at radius 2 is 1.65 bits per heavy atom. The van der Waals surface area contributed by atoms with Crippen LogP contribution < -0.4 is 4.74 Å². The van der Waals surface area contributed by atoms with Crippen LogP contribution in [0.4, 0.5) is 4.39 Å². The van der Waals surface area contributed by atoms with Gasteiger partial charge in [-0.1, -0.05) is 18.2 Å². The van der Waals surface area contributed by atoms with Gasteiger partial charge in [0.2, 0.25) is 0 Å². The van der Waals surface area contributed by atoms with E-state index in [1.165, 1.54) is 12.1 Å². The van der Waals surface area contributed by atoms with Crippen LogP contribution in [0.25, 0.3) is 22.0 Å². The number of fused-ring (bicyclic) bond motifs is 1. The Balaban J connectivity index is 1.62. The standard InChI is InChI=1S/C27H26FNO5/c1-2-33-27(32)16-29-15-20(13-22(31)17-30)25-14-19(5-12-26(25)29)18-3-8-23(9-4-18)34-24-10-6-21(28)7-11-24/h3-12,14-15,22,30-31H,2,13,16-17H2,1H3/t22-/m0/s1. The van der Waals surface area contributed by atoms with E-state index in [1.807, 2.05) is 48.7 Å². The predicted octanol–water partition coefficient (Wildman–Crippen LogP) is 4.70. The summed E-state index contributed by atoms with van der Waals surface area (Å²) in [6, 6.07) is 19.3. The van der Waals surface area contributed by atoms with Crippen LogP contribution in [0.15, 0.2) is 72.9 Å². The zero-order valence-corrected chi connectivity index (χ0v) is 18.8. The number of halogens is 1. The molecule has 2 N–H and O–H groups in total. The number of nitrogens with zero attached hydrogens (tertiary/aromatic N) is 1. The van der Waals surface area contributed by atoms with Crippen molar-refractivity contribution in [3.63, 3.8) is 0 Å². The molecule has 4 rings (SSSR count). The molecule has 0 spiro atoms. The van der Waals surface area contributed by atoms with E-state index in [0.717, 1.165) is 27.6 Å². The van der Waals surface area contributed by atoms with E-state index in [2.05, 4.69) is 0 Å². The summed E-state index contributed by atoms with van der Waals surface area (Å²) in [5.74, 6) is 0.518. The van der Waals surface area contributed by atoms with E-state index in [-0.39, 0.29) is 31.4 Å². The zero-order chi connectivity index (χ0) is 24.1. The summed E-state index contributed by atoms with van der Waals surface area (Å²) in [6.45, 7) is 1.78. The number of benzene rings is 3. The van der Waals surface area contributed by atoms with Gasteiger partial charge in [0.1, 0.15) is 23.9 Å². The minimum absolute atomic E-state index is 0.0638. The van der Waals surface area contributed by atoms with Crippen molar-refractivity contribution >= 4 is 16.9 Å². The third kappa shape index (κ3) is 5.44. The van der Waals surface area contributed by atoms with Crippen LogP contribution >= 0.6 is 0 Å². The summed E-state index contributed by atoms with van der Waals surface area (Å²) in [5, 5.41) is 20.2. The molecule has 0 radical (unpaired) electrons. The summed E-state index contributed by atoms with van der Waals surface area (Å²) >= 11 is 0. The summed E-state index contributed by atoms with van der Waals surface area (Å²) < 4.78 is 25.7. The highest BCUT2D eigenvalue weighted by Gasteiger charge is 2.15. The molecule has 0 saturated carbocycles. The number of carbonyl (C=O) groups is 1. The number of hydrogen-bond acceptors (Lipinski definition) is 5. The summed E-state index contributed by atoms with van der Waals surface area (Å²) in [6.07, 6.45) is 1.19. The lowest BCUT2D eigenvalue weighted by Gasteiger charge is -2.09. The van der Waals surface area contributed by atoms with E-state index in [4.69, 9.17) is 9.47 Å². The lowest BCUT2D eigenvalue weighted by atomic mass is 10.0. The van der Waals surface area contributed by atoms with E-state index in [1.54, 1.807) is 23.6 Å². The normalized spacial score (nSPS) is 12.0. The highest BCUT2D eigenvalue weighted by atomic mass is 19.1. The maximum Gasteiger partial charge on any atom is 0.325 e. The van der Waals surface area contributed by atoms with Gasteiger partial charge in [0.15, 0.2) is 0 Å². The first-order valence-corrected chi connectivity index (χ1v) is 11.1. The van der Waals surface area contributed by atoms with Gasteiger partial charge in [-0.15, -0.1) is 0 Å². The minimum atomic E-state index is -0.895. The number of ether oxygens (including phenoxy) is 2. The van der Waals surface area contributed by atoms with Crippen molar-refractivity contribution in [2.24, 2.45) is 0 Å². The monoisotopic (exact) mass is 463 g/mol. The molecule has 0 aliphatic rings. The average molecular weight is 464 g/mol. The molecule has 176 valence electrons. The molecule has 4 aromatic rings. The van der Waals surface area contributed by atoms with Gasteiger partial charge in [0.25, 0.3) is 0 Å². The van der Waals surface area contributed by atoms with Crippen molar-refractivity contribution in [3.05, 3.63) is 84.3 Å². The molecule has 0 unspecified atom stereocenters. The average Bonchev–Trinajstić information content (AvgIpc) is 3.17. The van der Waals surface area contributed by atoms with E-state index in [0.29, 0.717) is 18.1 Å². The molecule has 1 atom stereocenters. The number of esters is 1. The third-order valence-corrected chi connectivity index (χ3v) is 5.47. The van der Waals surface area contributed by atoms with E-state index in [9.17, 15) is 19.4 Å². The van der Waals surface area contributed by atoms with Crippen LogP contribution in [0.1, 0.15) is 12.5 Å². The van der Waals surface area contributed by atoms with Crippen molar-refractivity contribution in [2.45, 2.75) is 26.0 Å². The van der Waals surface area contributed by atoms with E-state index < -0.39 is 6.10 Å². The van der Waals surface area contributed by atoms with Gasteiger partial charge in [-0.3, -0.25) is 4.79 Å². The van der Waals surface area contributed by atoms with Gasteiger partial charge in [-0.25, -0.2) is 4.39 Å². The topological polar surface area (TPSA) is 80.9 Å². The second-order valence-electron chi connectivity index (χ2n) is 7.94. The Kier molecular flexibility index (Phi) is 7.25. The molecule has 1 heterocycles. The van der Waals surface area contributed by atoms with Gasteiger partial charge < -0.3 is 24.3 Å². The number of carbonyl (C=O) groups excluding carboxylic acids is 1. The quantitative estimate of drug-likeness (QED) is 0.352. The SMILES string of the molecule is CCOC(=O)Cn1cc(C[C@H](O)CO)c2cc(-c3ccc(Oc4ccc(F)cc4)cc3)ccc21. The smallest absolute Gasteiger partial charge is 0.325 e. The molecule has 0 aliphatic heterocycles. The van der Waals surface area contributed by atoms with Crippen molar-refractivity contribution < 1.29 is 28.9 Å². The Morgan fingerprint density at radius 3 is 2.29 bits per heavy atom. The number of rotatable bonds is 9. The third-order valence-electron chi connectivity index (χ3n) is 5.47. The second kappa shape index (κ2) is 10.5. The molecule has 6 nitrogen and oxygen atoms in total. The molecule has 3 aromatic carbocycles.